The highest BCUT2D eigenvalue weighted by atomic mass is 32.1. The number of carbonyl (C=O) groups excluding carboxylic acids is 4. The Hall–Kier alpha value is -3.66. The number of amides is 2. The van der Waals surface area contributed by atoms with Gasteiger partial charge in [0.15, 0.2) is 5.69 Å². The molecule has 2 N–H and O–H groups in total. The van der Waals surface area contributed by atoms with Crippen molar-refractivity contribution < 1.29 is 28.7 Å². The first-order valence-corrected chi connectivity index (χ1v) is 12.8. The van der Waals surface area contributed by atoms with Gasteiger partial charge in [0, 0.05) is 22.9 Å². The molecule has 190 valence electrons. The van der Waals surface area contributed by atoms with E-state index < -0.39 is 11.9 Å². The maximum absolute atomic E-state index is 13.1. The van der Waals surface area contributed by atoms with Crippen LogP contribution in [0.5, 0.6) is 0 Å². The number of thiophene rings is 1. The summed E-state index contributed by atoms with van der Waals surface area (Å²) in [5, 5.41) is 6.47. The normalized spacial score (nSPS) is 12.6. The van der Waals surface area contributed by atoms with Crippen molar-refractivity contribution >= 4 is 56.7 Å². The standard InChI is InChI=1S/C26H29N3O6S/c1-4-34-25(32)16-10-12-17(13-11-16)28-20(31)14-29-23(26(33)35-5-2)22(27-15(3)30)21-18-8-6-7-9-19(18)36-24(21)29/h10-13H,4-9,14H2,1-3H3,(H,27,30)(H,28,31). The van der Waals surface area contributed by atoms with Gasteiger partial charge in [-0.3, -0.25) is 9.59 Å². The summed E-state index contributed by atoms with van der Waals surface area (Å²) in [5.74, 6) is -1.69. The van der Waals surface area contributed by atoms with E-state index in [1.165, 1.54) is 11.8 Å². The zero-order valence-electron chi connectivity index (χ0n) is 20.6. The van der Waals surface area contributed by atoms with Crippen LogP contribution in [0.3, 0.4) is 0 Å². The summed E-state index contributed by atoms with van der Waals surface area (Å²) in [6.45, 7) is 5.12. The van der Waals surface area contributed by atoms with Gasteiger partial charge < -0.3 is 24.7 Å². The van der Waals surface area contributed by atoms with E-state index in [4.69, 9.17) is 9.47 Å². The molecule has 0 atom stereocenters. The number of rotatable bonds is 8. The van der Waals surface area contributed by atoms with Gasteiger partial charge in [-0.05, 0) is 69.4 Å². The van der Waals surface area contributed by atoms with Crippen molar-refractivity contribution in [2.24, 2.45) is 0 Å². The maximum atomic E-state index is 13.1. The summed E-state index contributed by atoms with van der Waals surface area (Å²) in [5.41, 5.74) is 2.58. The first kappa shape index (κ1) is 25.4. The first-order chi connectivity index (χ1) is 17.3. The molecule has 9 nitrogen and oxygen atoms in total. The largest absolute Gasteiger partial charge is 0.462 e. The van der Waals surface area contributed by atoms with Gasteiger partial charge in [0.1, 0.15) is 11.4 Å². The Kier molecular flexibility index (Phi) is 7.73. The molecule has 0 fully saturated rings. The molecule has 0 aliphatic heterocycles. The number of anilines is 2. The second-order valence-corrected chi connectivity index (χ2v) is 9.53. The van der Waals surface area contributed by atoms with E-state index in [9.17, 15) is 19.2 Å². The molecule has 1 aromatic carbocycles. The van der Waals surface area contributed by atoms with Crippen LogP contribution < -0.4 is 10.6 Å². The maximum Gasteiger partial charge on any atom is 0.357 e. The fourth-order valence-corrected chi connectivity index (χ4v) is 5.86. The molecule has 3 aromatic rings. The van der Waals surface area contributed by atoms with Crippen molar-refractivity contribution in [1.29, 1.82) is 0 Å². The Balaban J connectivity index is 1.70. The second kappa shape index (κ2) is 10.9. The quantitative estimate of drug-likeness (QED) is 0.429. The van der Waals surface area contributed by atoms with E-state index in [1.54, 1.807) is 54.0 Å². The topological polar surface area (TPSA) is 116 Å². The van der Waals surface area contributed by atoms with Crippen LogP contribution in [0, 0.1) is 0 Å². The minimum absolute atomic E-state index is 0.150. The second-order valence-electron chi connectivity index (χ2n) is 8.45. The molecule has 2 aromatic heterocycles. The van der Waals surface area contributed by atoms with Crippen LogP contribution in [0.1, 0.15) is 64.9 Å². The van der Waals surface area contributed by atoms with Gasteiger partial charge in [-0.25, -0.2) is 9.59 Å². The van der Waals surface area contributed by atoms with E-state index in [0.717, 1.165) is 41.5 Å². The van der Waals surface area contributed by atoms with Crippen LogP contribution in [-0.2, 0) is 38.4 Å². The van der Waals surface area contributed by atoms with E-state index in [0.29, 0.717) is 16.9 Å². The molecule has 2 heterocycles. The van der Waals surface area contributed by atoms with Crippen molar-refractivity contribution in [3.05, 3.63) is 46.0 Å². The Morgan fingerprint density at radius 3 is 2.28 bits per heavy atom. The number of carbonyl (C=O) groups is 4. The van der Waals surface area contributed by atoms with E-state index >= 15 is 0 Å². The highest BCUT2D eigenvalue weighted by Gasteiger charge is 2.31. The van der Waals surface area contributed by atoms with Gasteiger partial charge in [-0.15, -0.1) is 11.3 Å². The Morgan fingerprint density at radius 1 is 0.944 bits per heavy atom. The van der Waals surface area contributed by atoms with Crippen LogP contribution in [0.2, 0.25) is 0 Å². The minimum Gasteiger partial charge on any atom is -0.462 e. The minimum atomic E-state index is -0.596. The summed E-state index contributed by atoms with van der Waals surface area (Å²) in [7, 11) is 0. The summed E-state index contributed by atoms with van der Waals surface area (Å²) in [4.78, 5) is 52.1. The number of nitrogens with one attached hydrogen (secondary N) is 2. The fraction of sp³-hybridized carbons (Fsp3) is 0.385. The van der Waals surface area contributed by atoms with Crippen molar-refractivity contribution in [3.63, 3.8) is 0 Å². The summed E-state index contributed by atoms with van der Waals surface area (Å²) in [6.07, 6.45) is 3.90. The van der Waals surface area contributed by atoms with Crippen LogP contribution in [0.15, 0.2) is 24.3 Å². The molecule has 4 rings (SSSR count). The molecule has 0 unspecified atom stereocenters. The van der Waals surface area contributed by atoms with Crippen molar-refractivity contribution in [1.82, 2.24) is 4.57 Å². The van der Waals surface area contributed by atoms with Gasteiger partial charge >= 0.3 is 11.9 Å². The van der Waals surface area contributed by atoms with E-state index in [-0.39, 0.29) is 37.3 Å². The predicted molar refractivity (Wildman–Crippen MR) is 138 cm³/mol. The molecular formula is C26H29N3O6S. The SMILES string of the molecule is CCOC(=O)c1ccc(NC(=O)Cn2c(C(=O)OCC)c(NC(C)=O)c3c4c(sc32)CCCC4)cc1. The molecule has 1 aliphatic rings. The lowest BCUT2D eigenvalue weighted by atomic mass is 9.96. The molecule has 0 saturated heterocycles. The number of ether oxygens (including phenoxy) is 2. The predicted octanol–water partition coefficient (Wildman–Crippen LogP) is 4.53. The van der Waals surface area contributed by atoms with Crippen LogP contribution in [0.25, 0.3) is 10.2 Å². The molecular weight excluding hydrogens is 482 g/mol. The zero-order valence-corrected chi connectivity index (χ0v) is 21.4. The van der Waals surface area contributed by atoms with E-state index in [1.807, 2.05) is 0 Å². The molecule has 10 heteroatoms. The van der Waals surface area contributed by atoms with Crippen LogP contribution >= 0.6 is 11.3 Å². The Labute approximate surface area is 212 Å². The molecule has 0 bridgehead atoms. The van der Waals surface area contributed by atoms with Gasteiger partial charge in [0.25, 0.3) is 0 Å². The van der Waals surface area contributed by atoms with Gasteiger partial charge in [0.2, 0.25) is 11.8 Å². The number of hydrogen-bond acceptors (Lipinski definition) is 7. The van der Waals surface area contributed by atoms with Gasteiger partial charge in [-0.1, -0.05) is 0 Å². The highest BCUT2D eigenvalue weighted by molar-refractivity contribution is 7.19. The Morgan fingerprint density at radius 2 is 1.61 bits per heavy atom. The summed E-state index contributed by atoms with van der Waals surface area (Å²) >= 11 is 1.55. The number of hydrogen-bond donors (Lipinski definition) is 2. The summed E-state index contributed by atoms with van der Waals surface area (Å²) < 4.78 is 11.9. The zero-order chi connectivity index (χ0) is 25.8. The third kappa shape index (κ3) is 5.13. The highest BCUT2D eigenvalue weighted by Crippen LogP contribution is 2.44. The van der Waals surface area contributed by atoms with Crippen molar-refractivity contribution in [2.45, 2.75) is 53.0 Å². The number of nitrogens with zero attached hydrogens (tertiary/aromatic N) is 1. The number of aromatic nitrogens is 1. The fourth-order valence-electron chi connectivity index (χ4n) is 4.46. The molecule has 0 spiro atoms. The monoisotopic (exact) mass is 511 g/mol. The third-order valence-electron chi connectivity index (χ3n) is 5.91. The molecule has 36 heavy (non-hydrogen) atoms. The smallest absolute Gasteiger partial charge is 0.357 e. The number of benzene rings is 1. The average Bonchev–Trinajstić information content (AvgIpc) is 3.35. The summed E-state index contributed by atoms with van der Waals surface area (Å²) in [6, 6.07) is 6.39. The van der Waals surface area contributed by atoms with Crippen molar-refractivity contribution in [3.8, 4) is 0 Å². The number of esters is 2. The lowest BCUT2D eigenvalue weighted by molar-refractivity contribution is -0.116. The molecule has 0 radical (unpaired) electrons. The number of fused-ring (bicyclic) bond motifs is 3. The van der Waals surface area contributed by atoms with Crippen LogP contribution in [-0.4, -0.2) is 41.5 Å². The lowest BCUT2D eigenvalue weighted by Crippen LogP contribution is -2.23. The molecule has 2 amide bonds. The van der Waals surface area contributed by atoms with Crippen LogP contribution in [0.4, 0.5) is 11.4 Å². The number of aryl methyl sites for hydroxylation is 2. The first-order valence-electron chi connectivity index (χ1n) is 12.0. The lowest BCUT2D eigenvalue weighted by Gasteiger charge is -2.14. The van der Waals surface area contributed by atoms with Gasteiger partial charge in [0.05, 0.1) is 24.5 Å². The van der Waals surface area contributed by atoms with Crippen molar-refractivity contribution in [2.75, 3.05) is 23.8 Å². The molecule has 0 saturated carbocycles. The Bertz CT molecular complexity index is 1320. The van der Waals surface area contributed by atoms with E-state index in [2.05, 4.69) is 10.6 Å². The van der Waals surface area contributed by atoms with Gasteiger partial charge in [-0.2, -0.15) is 0 Å². The average molecular weight is 512 g/mol. The third-order valence-corrected chi connectivity index (χ3v) is 7.22. The molecule has 1 aliphatic carbocycles.